The lowest BCUT2D eigenvalue weighted by atomic mass is 10.4. The standard InChI is InChI=1S/C9H10O5S/c10-9(11)8-4-1-6(14-8)5-15(12,13)7-2-3-7/h1,4,7H,2-3,5H2,(H,10,11). The molecule has 0 radical (unpaired) electrons. The van der Waals surface area contributed by atoms with Crippen LogP contribution in [-0.2, 0) is 15.6 Å². The Bertz CT molecular complexity index is 480. The summed E-state index contributed by atoms with van der Waals surface area (Å²) in [6.07, 6.45) is 1.41. The van der Waals surface area contributed by atoms with E-state index in [9.17, 15) is 13.2 Å². The molecule has 5 nitrogen and oxygen atoms in total. The molecule has 1 aliphatic carbocycles. The van der Waals surface area contributed by atoms with Crippen LogP contribution in [0, 0.1) is 0 Å². The molecule has 0 saturated heterocycles. The monoisotopic (exact) mass is 230 g/mol. The van der Waals surface area contributed by atoms with Crippen LogP contribution in [0.3, 0.4) is 0 Å². The summed E-state index contributed by atoms with van der Waals surface area (Å²) in [5.74, 6) is -1.43. The normalized spacial score (nSPS) is 16.5. The molecule has 6 heteroatoms. The van der Waals surface area contributed by atoms with Crippen molar-refractivity contribution in [2.45, 2.75) is 23.8 Å². The van der Waals surface area contributed by atoms with Gasteiger partial charge in [0.15, 0.2) is 9.84 Å². The molecule has 0 atom stereocenters. The maximum absolute atomic E-state index is 11.5. The lowest BCUT2D eigenvalue weighted by molar-refractivity contribution is 0.0660. The molecule has 0 spiro atoms. The largest absolute Gasteiger partial charge is 0.475 e. The zero-order chi connectivity index (χ0) is 11.1. The van der Waals surface area contributed by atoms with Crippen LogP contribution in [0.1, 0.15) is 29.2 Å². The highest BCUT2D eigenvalue weighted by Crippen LogP contribution is 2.31. The van der Waals surface area contributed by atoms with Crippen LogP contribution in [0.2, 0.25) is 0 Å². The quantitative estimate of drug-likeness (QED) is 0.835. The van der Waals surface area contributed by atoms with Gasteiger partial charge in [0.25, 0.3) is 0 Å². The first-order chi connectivity index (χ1) is 6.99. The second-order valence-electron chi connectivity index (χ2n) is 3.58. The van der Waals surface area contributed by atoms with E-state index >= 15 is 0 Å². The molecular weight excluding hydrogens is 220 g/mol. The summed E-state index contributed by atoms with van der Waals surface area (Å²) in [6, 6.07) is 2.66. The Labute approximate surface area is 86.6 Å². The van der Waals surface area contributed by atoms with Crippen molar-refractivity contribution in [2.24, 2.45) is 0 Å². The highest BCUT2D eigenvalue weighted by molar-refractivity contribution is 7.91. The van der Waals surface area contributed by atoms with E-state index in [0.717, 1.165) is 0 Å². The number of sulfone groups is 1. The summed E-state index contributed by atoms with van der Waals surface area (Å²) in [7, 11) is -3.14. The SMILES string of the molecule is O=C(O)c1ccc(CS(=O)(=O)C2CC2)o1. The third kappa shape index (κ3) is 2.20. The van der Waals surface area contributed by atoms with Gasteiger partial charge in [-0.1, -0.05) is 0 Å². The molecule has 1 saturated carbocycles. The van der Waals surface area contributed by atoms with Crippen LogP contribution in [0.5, 0.6) is 0 Å². The third-order valence-corrected chi connectivity index (χ3v) is 4.42. The fraction of sp³-hybridized carbons (Fsp3) is 0.444. The topological polar surface area (TPSA) is 84.6 Å². The molecule has 0 unspecified atom stereocenters. The maximum atomic E-state index is 11.5. The zero-order valence-corrected chi connectivity index (χ0v) is 8.66. The molecule has 0 amide bonds. The third-order valence-electron chi connectivity index (χ3n) is 2.25. The fourth-order valence-corrected chi connectivity index (χ4v) is 2.96. The summed E-state index contributed by atoms with van der Waals surface area (Å²) < 4.78 is 27.9. The number of hydrogen-bond acceptors (Lipinski definition) is 4. The summed E-state index contributed by atoms with van der Waals surface area (Å²) in [5, 5.41) is 8.32. The van der Waals surface area contributed by atoms with Crippen LogP contribution in [0.4, 0.5) is 0 Å². The highest BCUT2D eigenvalue weighted by Gasteiger charge is 2.36. The molecule has 1 aliphatic rings. The minimum atomic E-state index is -3.14. The summed E-state index contributed by atoms with van der Waals surface area (Å²) >= 11 is 0. The second-order valence-corrected chi connectivity index (χ2v) is 5.86. The fourth-order valence-electron chi connectivity index (χ4n) is 1.31. The van der Waals surface area contributed by atoms with Crippen molar-refractivity contribution >= 4 is 15.8 Å². The number of carbonyl (C=O) groups is 1. The van der Waals surface area contributed by atoms with Crippen LogP contribution in [-0.4, -0.2) is 24.7 Å². The van der Waals surface area contributed by atoms with Gasteiger partial charge in [-0.05, 0) is 25.0 Å². The highest BCUT2D eigenvalue weighted by atomic mass is 32.2. The van der Waals surface area contributed by atoms with E-state index < -0.39 is 15.8 Å². The predicted molar refractivity (Wildman–Crippen MR) is 51.3 cm³/mol. The molecule has 1 aromatic heterocycles. The molecule has 1 heterocycles. The first-order valence-corrected chi connectivity index (χ1v) is 6.24. The predicted octanol–water partition coefficient (Wildman–Crippen LogP) is 1.06. The first kappa shape index (κ1) is 10.2. The van der Waals surface area contributed by atoms with Crippen molar-refractivity contribution < 1.29 is 22.7 Å². The average molecular weight is 230 g/mol. The van der Waals surface area contributed by atoms with Crippen LogP contribution < -0.4 is 0 Å². The van der Waals surface area contributed by atoms with E-state index in [-0.39, 0.29) is 22.5 Å². The number of carboxylic acid groups (broad SMARTS) is 1. The zero-order valence-electron chi connectivity index (χ0n) is 7.84. The molecule has 1 aromatic rings. The number of furan rings is 1. The van der Waals surface area contributed by atoms with Gasteiger partial charge >= 0.3 is 5.97 Å². The number of hydrogen-bond donors (Lipinski definition) is 1. The van der Waals surface area contributed by atoms with Gasteiger partial charge in [-0.2, -0.15) is 0 Å². The lowest BCUT2D eigenvalue weighted by Crippen LogP contribution is -2.09. The first-order valence-electron chi connectivity index (χ1n) is 4.52. The smallest absolute Gasteiger partial charge is 0.371 e. The Morgan fingerprint density at radius 3 is 2.60 bits per heavy atom. The van der Waals surface area contributed by atoms with Gasteiger partial charge in [0.1, 0.15) is 11.5 Å². The summed E-state index contributed by atoms with van der Waals surface area (Å²) in [5.41, 5.74) is 0. The van der Waals surface area contributed by atoms with E-state index in [1.807, 2.05) is 0 Å². The van der Waals surface area contributed by atoms with Gasteiger partial charge in [-0.15, -0.1) is 0 Å². The van der Waals surface area contributed by atoms with Gasteiger partial charge in [0, 0.05) is 0 Å². The van der Waals surface area contributed by atoms with E-state index in [0.29, 0.717) is 12.8 Å². The van der Waals surface area contributed by atoms with Gasteiger partial charge in [-0.25, -0.2) is 13.2 Å². The number of aromatic carboxylic acids is 1. The van der Waals surface area contributed by atoms with Gasteiger partial charge in [0.2, 0.25) is 5.76 Å². The maximum Gasteiger partial charge on any atom is 0.371 e. The van der Waals surface area contributed by atoms with E-state index in [1.165, 1.54) is 12.1 Å². The van der Waals surface area contributed by atoms with Crippen molar-refractivity contribution in [1.29, 1.82) is 0 Å². The Morgan fingerprint density at radius 2 is 2.13 bits per heavy atom. The molecule has 0 aliphatic heterocycles. The molecule has 0 aromatic carbocycles. The molecule has 1 fully saturated rings. The van der Waals surface area contributed by atoms with Gasteiger partial charge in [-0.3, -0.25) is 0 Å². The summed E-state index contributed by atoms with van der Waals surface area (Å²) in [6.45, 7) is 0. The Hall–Kier alpha value is -1.30. The molecule has 15 heavy (non-hydrogen) atoms. The van der Waals surface area contributed by atoms with E-state index in [1.54, 1.807) is 0 Å². The number of carboxylic acids is 1. The Kier molecular flexibility index (Phi) is 2.30. The van der Waals surface area contributed by atoms with Crippen molar-refractivity contribution in [3.63, 3.8) is 0 Å². The van der Waals surface area contributed by atoms with Crippen LogP contribution >= 0.6 is 0 Å². The number of rotatable bonds is 4. The van der Waals surface area contributed by atoms with E-state index in [4.69, 9.17) is 9.52 Å². The molecular formula is C9H10O5S. The van der Waals surface area contributed by atoms with Crippen molar-refractivity contribution in [3.8, 4) is 0 Å². The average Bonchev–Trinajstić information content (AvgIpc) is 2.88. The van der Waals surface area contributed by atoms with Crippen LogP contribution in [0.25, 0.3) is 0 Å². The molecule has 82 valence electrons. The Balaban J connectivity index is 2.14. The minimum absolute atomic E-state index is 0.194. The summed E-state index contributed by atoms with van der Waals surface area (Å²) in [4.78, 5) is 10.5. The molecule has 0 bridgehead atoms. The van der Waals surface area contributed by atoms with Gasteiger partial charge < -0.3 is 9.52 Å². The van der Waals surface area contributed by atoms with Gasteiger partial charge in [0.05, 0.1) is 5.25 Å². The minimum Gasteiger partial charge on any atom is -0.475 e. The van der Waals surface area contributed by atoms with Crippen LogP contribution in [0.15, 0.2) is 16.5 Å². The van der Waals surface area contributed by atoms with Crippen molar-refractivity contribution in [3.05, 3.63) is 23.7 Å². The van der Waals surface area contributed by atoms with E-state index in [2.05, 4.69) is 0 Å². The lowest BCUT2D eigenvalue weighted by Gasteiger charge is -1.98. The Morgan fingerprint density at radius 1 is 1.47 bits per heavy atom. The molecule has 1 N–H and O–H groups in total. The van der Waals surface area contributed by atoms with Crippen molar-refractivity contribution in [2.75, 3.05) is 0 Å². The second kappa shape index (κ2) is 3.37. The van der Waals surface area contributed by atoms with Crippen molar-refractivity contribution in [1.82, 2.24) is 0 Å². The molecule has 2 rings (SSSR count).